The Morgan fingerprint density at radius 2 is 1.89 bits per heavy atom. The molecular weight excluding hydrogens is 354 g/mol. The molecule has 0 bridgehead atoms. The van der Waals surface area contributed by atoms with Crippen LogP contribution in [0.1, 0.15) is 23.4 Å². The van der Waals surface area contributed by atoms with Crippen LogP contribution >= 0.6 is 11.3 Å². The molecule has 4 nitrogen and oxygen atoms in total. The quantitative estimate of drug-likeness (QED) is 0.611. The van der Waals surface area contributed by atoms with Gasteiger partial charge in [0.1, 0.15) is 5.01 Å². The lowest BCUT2D eigenvalue weighted by Crippen LogP contribution is -2.26. The predicted octanol–water partition coefficient (Wildman–Crippen LogP) is 4.57. The Kier molecular flexibility index (Phi) is 5.21. The first-order valence-electron chi connectivity index (χ1n) is 9.32. The van der Waals surface area contributed by atoms with Gasteiger partial charge in [0, 0.05) is 38.4 Å². The van der Waals surface area contributed by atoms with Gasteiger partial charge in [0.25, 0.3) is 0 Å². The molecule has 4 rings (SSSR count). The van der Waals surface area contributed by atoms with Crippen LogP contribution in [0.25, 0.3) is 16.3 Å². The zero-order valence-electron chi connectivity index (χ0n) is 15.5. The fourth-order valence-corrected chi connectivity index (χ4v) is 4.35. The van der Waals surface area contributed by atoms with Gasteiger partial charge in [0.2, 0.25) is 5.91 Å². The number of hydrogen-bond donors (Lipinski definition) is 0. The van der Waals surface area contributed by atoms with E-state index in [-0.39, 0.29) is 5.91 Å². The molecule has 1 aliphatic rings. The Morgan fingerprint density at radius 3 is 2.70 bits per heavy atom. The SMILES string of the molecule is CN(Cc1ccccc1N1CCCC1)C(=O)C=Cc1nc2ccccc2s1. The number of nitrogens with zero attached hydrogens (tertiary/aromatic N) is 3. The molecule has 1 aromatic heterocycles. The van der Waals surface area contributed by atoms with E-state index in [9.17, 15) is 4.79 Å². The second-order valence-electron chi connectivity index (χ2n) is 6.87. The number of benzene rings is 2. The van der Waals surface area contributed by atoms with Gasteiger partial charge < -0.3 is 9.80 Å². The molecule has 0 unspecified atom stereocenters. The topological polar surface area (TPSA) is 36.4 Å². The third-order valence-corrected chi connectivity index (χ3v) is 5.90. The molecule has 5 heteroatoms. The van der Waals surface area contributed by atoms with Crippen molar-refractivity contribution in [2.75, 3.05) is 25.0 Å². The zero-order chi connectivity index (χ0) is 18.6. The monoisotopic (exact) mass is 377 g/mol. The molecule has 3 aromatic rings. The molecule has 1 aliphatic heterocycles. The first-order chi connectivity index (χ1) is 13.2. The molecular formula is C22H23N3OS. The maximum atomic E-state index is 12.6. The summed E-state index contributed by atoms with van der Waals surface area (Å²) in [6, 6.07) is 16.4. The number of hydrogen-bond acceptors (Lipinski definition) is 4. The van der Waals surface area contributed by atoms with E-state index in [2.05, 4.69) is 28.1 Å². The largest absolute Gasteiger partial charge is 0.371 e. The van der Waals surface area contributed by atoms with E-state index in [1.165, 1.54) is 24.1 Å². The molecule has 0 N–H and O–H groups in total. The van der Waals surface area contributed by atoms with Gasteiger partial charge in [-0.2, -0.15) is 0 Å². The van der Waals surface area contributed by atoms with Crippen LogP contribution in [-0.4, -0.2) is 35.9 Å². The Balaban J connectivity index is 1.45. The van der Waals surface area contributed by atoms with Crippen LogP contribution in [0.4, 0.5) is 5.69 Å². The number of aromatic nitrogens is 1. The Morgan fingerprint density at radius 1 is 1.15 bits per heavy atom. The van der Waals surface area contributed by atoms with Crippen molar-refractivity contribution in [2.45, 2.75) is 19.4 Å². The highest BCUT2D eigenvalue weighted by molar-refractivity contribution is 7.19. The molecule has 0 radical (unpaired) electrons. The van der Waals surface area contributed by atoms with Crippen LogP contribution in [0.5, 0.6) is 0 Å². The highest BCUT2D eigenvalue weighted by atomic mass is 32.1. The summed E-state index contributed by atoms with van der Waals surface area (Å²) < 4.78 is 1.14. The Hall–Kier alpha value is -2.66. The number of carbonyl (C=O) groups is 1. The molecule has 1 saturated heterocycles. The van der Waals surface area contributed by atoms with Crippen LogP contribution in [0, 0.1) is 0 Å². The summed E-state index contributed by atoms with van der Waals surface area (Å²) in [6.07, 6.45) is 5.92. The van der Waals surface area contributed by atoms with E-state index in [4.69, 9.17) is 0 Å². The number of rotatable bonds is 5. The van der Waals surface area contributed by atoms with Crippen molar-refractivity contribution in [1.29, 1.82) is 0 Å². The van der Waals surface area contributed by atoms with Gasteiger partial charge in [-0.3, -0.25) is 4.79 Å². The molecule has 138 valence electrons. The molecule has 2 aromatic carbocycles. The van der Waals surface area contributed by atoms with E-state index in [1.54, 1.807) is 22.3 Å². The summed E-state index contributed by atoms with van der Waals surface area (Å²) in [6.45, 7) is 2.81. The molecule has 1 amide bonds. The number of carbonyl (C=O) groups excluding carboxylic acids is 1. The summed E-state index contributed by atoms with van der Waals surface area (Å²) >= 11 is 1.60. The summed E-state index contributed by atoms with van der Waals surface area (Å²) in [5, 5.41) is 0.857. The number of likely N-dealkylation sites (N-methyl/N-ethyl adjacent to an activating group) is 1. The zero-order valence-corrected chi connectivity index (χ0v) is 16.3. The van der Waals surface area contributed by atoms with Gasteiger partial charge in [0.05, 0.1) is 10.2 Å². The number of thiazole rings is 1. The molecule has 0 saturated carbocycles. The van der Waals surface area contributed by atoms with Gasteiger partial charge in [-0.05, 0) is 42.7 Å². The van der Waals surface area contributed by atoms with Crippen LogP contribution in [0.2, 0.25) is 0 Å². The lowest BCUT2D eigenvalue weighted by Gasteiger charge is -2.24. The Labute approximate surface area is 163 Å². The van der Waals surface area contributed by atoms with E-state index in [1.807, 2.05) is 43.5 Å². The van der Waals surface area contributed by atoms with Gasteiger partial charge >= 0.3 is 0 Å². The molecule has 2 heterocycles. The Bertz CT molecular complexity index is 939. The van der Waals surface area contributed by atoms with Crippen molar-refractivity contribution in [3.8, 4) is 0 Å². The minimum absolute atomic E-state index is 0.00881. The average Bonchev–Trinajstić information content (AvgIpc) is 3.36. The molecule has 27 heavy (non-hydrogen) atoms. The smallest absolute Gasteiger partial charge is 0.246 e. The minimum Gasteiger partial charge on any atom is -0.371 e. The summed E-state index contributed by atoms with van der Waals surface area (Å²) in [5.41, 5.74) is 3.43. The second kappa shape index (κ2) is 7.92. The highest BCUT2D eigenvalue weighted by Crippen LogP contribution is 2.26. The summed E-state index contributed by atoms with van der Waals surface area (Å²) in [7, 11) is 1.85. The van der Waals surface area contributed by atoms with Crippen LogP contribution in [0.15, 0.2) is 54.6 Å². The van der Waals surface area contributed by atoms with Crippen LogP contribution in [0.3, 0.4) is 0 Å². The number of anilines is 1. The lowest BCUT2D eigenvalue weighted by molar-refractivity contribution is -0.125. The first kappa shape index (κ1) is 17.7. The van der Waals surface area contributed by atoms with Crippen molar-refractivity contribution in [3.63, 3.8) is 0 Å². The fraction of sp³-hybridized carbons (Fsp3) is 0.273. The standard InChI is InChI=1S/C22H23N3OS/c1-24(16-17-8-2-4-10-19(17)25-14-6-7-15-25)22(26)13-12-21-23-18-9-3-5-11-20(18)27-21/h2-5,8-13H,6-7,14-16H2,1H3. The molecule has 0 aliphatic carbocycles. The van der Waals surface area contributed by atoms with Crippen molar-refractivity contribution in [2.24, 2.45) is 0 Å². The van der Waals surface area contributed by atoms with E-state index >= 15 is 0 Å². The minimum atomic E-state index is -0.00881. The maximum absolute atomic E-state index is 12.6. The summed E-state index contributed by atoms with van der Waals surface area (Å²) in [5.74, 6) is -0.00881. The molecule has 0 spiro atoms. The number of para-hydroxylation sites is 2. The van der Waals surface area contributed by atoms with Crippen LogP contribution in [-0.2, 0) is 11.3 Å². The van der Waals surface area contributed by atoms with Gasteiger partial charge in [-0.25, -0.2) is 4.98 Å². The third kappa shape index (κ3) is 4.03. The molecule has 1 fully saturated rings. The predicted molar refractivity (Wildman–Crippen MR) is 113 cm³/mol. The molecule has 0 atom stereocenters. The average molecular weight is 378 g/mol. The maximum Gasteiger partial charge on any atom is 0.246 e. The first-order valence-corrected chi connectivity index (χ1v) is 10.1. The van der Waals surface area contributed by atoms with Crippen molar-refractivity contribution >= 4 is 39.2 Å². The lowest BCUT2D eigenvalue weighted by atomic mass is 10.1. The van der Waals surface area contributed by atoms with Gasteiger partial charge in [0.15, 0.2) is 0 Å². The van der Waals surface area contributed by atoms with Gasteiger partial charge in [-0.15, -0.1) is 11.3 Å². The second-order valence-corrected chi connectivity index (χ2v) is 7.93. The normalized spacial score (nSPS) is 14.3. The number of amides is 1. The number of fused-ring (bicyclic) bond motifs is 1. The van der Waals surface area contributed by atoms with E-state index in [0.29, 0.717) is 6.54 Å². The highest BCUT2D eigenvalue weighted by Gasteiger charge is 2.17. The van der Waals surface area contributed by atoms with Crippen molar-refractivity contribution in [3.05, 3.63) is 65.2 Å². The van der Waals surface area contributed by atoms with Gasteiger partial charge in [-0.1, -0.05) is 30.3 Å². The summed E-state index contributed by atoms with van der Waals surface area (Å²) in [4.78, 5) is 21.3. The van der Waals surface area contributed by atoms with Crippen LogP contribution < -0.4 is 4.90 Å². The third-order valence-electron chi connectivity index (χ3n) is 4.90. The van der Waals surface area contributed by atoms with Crippen molar-refractivity contribution in [1.82, 2.24) is 9.88 Å². The van der Waals surface area contributed by atoms with Crippen molar-refractivity contribution < 1.29 is 4.79 Å². The van der Waals surface area contributed by atoms with E-state index < -0.39 is 0 Å². The van der Waals surface area contributed by atoms with E-state index in [0.717, 1.165) is 28.3 Å². The fourth-order valence-electron chi connectivity index (χ4n) is 3.48.